The molecule has 0 aromatic heterocycles. The van der Waals surface area contributed by atoms with Crippen LogP contribution in [0.1, 0.15) is 61.3 Å². The van der Waals surface area contributed by atoms with Crippen LogP contribution in [0, 0.1) is 5.92 Å². The Kier molecular flexibility index (Phi) is 11.8. The molecule has 0 radical (unpaired) electrons. The van der Waals surface area contributed by atoms with Crippen LogP contribution in [0.4, 0.5) is 4.79 Å². The van der Waals surface area contributed by atoms with Gasteiger partial charge < -0.3 is 35.1 Å². The van der Waals surface area contributed by atoms with Gasteiger partial charge in [0, 0.05) is 30.6 Å². The number of ether oxygens (including phenoxy) is 3. The summed E-state index contributed by atoms with van der Waals surface area (Å²) in [7, 11) is 0. The zero-order chi connectivity index (χ0) is 32.5. The molecule has 3 aromatic carbocycles. The van der Waals surface area contributed by atoms with Gasteiger partial charge in [-0.1, -0.05) is 73.7 Å². The van der Waals surface area contributed by atoms with Gasteiger partial charge in [0.25, 0.3) is 0 Å². The van der Waals surface area contributed by atoms with Gasteiger partial charge >= 0.3 is 12.0 Å². The average Bonchev–Trinajstić information content (AvgIpc) is 3.55. The first-order chi connectivity index (χ1) is 22.4. The summed E-state index contributed by atoms with van der Waals surface area (Å²) in [5.41, 5.74) is 5.74. The predicted molar refractivity (Wildman–Crippen MR) is 173 cm³/mol. The summed E-state index contributed by atoms with van der Waals surface area (Å²) in [6, 6.07) is 23.7. The van der Waals surface area contributed by atoms with Gasteiger partial charge in [-0.15, -0.1) is 0 Å². The Morgan fingerprint density at radius 2 is 1.70 bits per heavy atom. The van der Waals surface area contributed by atoms with E-state index in [4.69, 9.17) is 14.2 Å². The van der Waals surface area contributed by atoms with Gasteiger partial charge in [-0.25, -0.2) is 4.79 Å². The number of carbonyl (C=O) groups is 2. The molecule has 5 unspecified atom stereocenters. The lowest BCUT2D eigenvalue weighted by atomic mass is 9.89. The van der Waals surface area contributed by atoms with Gasteiger partial charge in [0.1, 0.15) is 6.54 Å². The van der Waals surface area contributed by atoms with Crippen LogP contribution in [0.15, 0.2) is 72.8 Å². The van der Waals surface area contributed by atoms with Crippen molar-refractivity contribution in [2.24, 2.45) is 5.92 Å². The molecule has 10 nitrogen and oxygen atoms in total. The van der Waals surface area contributed by atoms with Gasteiger partial charge in [-0.2, -0.15) is 0 Å². The van der Waals surface area contributed by atoms with Crippen LogP contribution in [0.25, 0.3) is 11.1 Å². The molecule has 10 heteroatoms. The monoisotopic (exact) mass is 631 g/mol. The Morgan fingerprint density at radius 3 is 2.41 bits per heavy atom. The molecule has 246 valence electrons. The fraction of sp³-hybridized carbons (Fsp3) is 0.444. The molecule has 46 heavy (non-hydrogen) atoms. The fourth-order valence-electron chi connectivity index (χ4n) is 6.20. The first kappa shape index (κ1) is 33.6. The Labute approximate surface area is 270 Å². The number of hydrogen-bond donors (Lipinski definition) is 4. The number of hydrogen-bond acceptors (Lipinski definition) is 8. The van der Waals surface area contributed by atoms with E-state index >= 15 is 0 Å². The number of likely N-dealkylation sites (tertiary alicyclic amines) is 1. The summed E-state index contributed by atoms with van der Waals surface area (Å²) in [5, 5.41) is 24.7. The molecule has 2 saturated heterocycles. The highest BCUT2D eigenvalue weighted by Crippen LogP contribution is 2.42. The van der Waals surface area contributed by atoms with E-state index in [2.05, 4.69) is 22.5 Å². The van der Waals surface area contributed by atoms with Crippen LogP contribution in [0.2, 0.25) is 0 Å². The number of amides is 2. The van der Waals surface area contributed by atoms with E-state index in [0.29, 0.717) is 6.54 Å². The van der Waals surface area contributed by atoms with E-state index < -0.39 is 18.3 Å². The van der Waals surface area contributed by atoms with E-state index in [-0.39, 0.29) is 50.5 Å². The van der Waals surface area contributed by atoms with Crippen LogP contribution in [0.3, 0.4) is 0 Å². The van der Waals surface area contributed by atoms with Crippen LogP contribution in [0.5, 0.6) is 0 Å². The number of nitrogens with one attached hydrogen (secondary N) is 2. The highest BCUT2D eigenvalue weighted by atomic mass is 16.7. The molecule has 5 rings (SSSR count). The molecule has 3 aromatic rings. The van der Waals surface area contributed by atoms with Crippen LogP contribution in [-0.4, -0.2) is 72.1 Å². The third-order valence-corrected chi connectivity index (χ3v) is 8.84. The van der Waals surface area contributed by atoms with Crippen LogP contribution in [-0.2, 0) is 32.2 Å². The molecule has 5 atom stereocenters. The first-order valence-corrected chi connectivity index (χ1v) is 16.1. The number of urea groups is 1. The summed E-state index contributed by atoms with van der Waals surface area (Å²) in [5.74, 6) is -0.412. The summed E-state index contributed by atoms with van der Waals surface area (Å²) in [4.78, 5) is 25.9. The molecule has 0 spiro atoms. The van der Waals surface area contributed by atoms with Crippen molar-refractivity contribution in [3.63, 3.8) is 0 Å². The van der Waals surface area contributed by atoms with E-state index in [1.54, 1.807) is 6.92 Å². The van der Waals surface area contributed by atoms with Crippen LogP contribution >= 0.6 is 0 Å². The lowest BCUT2D eigenvalue weighted by molar-refractivity contribution is -0.276. The minimum Gasteiger partial charge on any atom is -0.465 e. The van der Waals surface area contributed by atoms with E-state index in [0.717, 1.165) is 59.3 Å². The Balaban J connectivity index is 1.28. The number of esters is 1. The SMILES string of the molecule is CCOC(=O)CNC(=O)NCc1cccc(-c2ccc(C3OC(CN4CCCC4CO)C(C)C(c4ccc(CO)cc4)O3)cc2)c1. The summed E-state index contributed by atoms with van der Waals surface area (Å²) in [6.45, 7) is 6.06. The third-order valence-electron chi connectivity index (χ3n) is 8.84. The Hall–Kier alpha value is -3.80. The highest BCUT2D eigenvalue weighted by molar-refractivity contribution is 5.80. The predicted octanol–water partition coefficient (Wildman–Crippen LogP) is 4.46. The number of carbonyl (C=O) groups excluding carboxylic acids is 2. The summed E-state index contributed by atoms with van der Waals surface area (Å²) < 4.78 is 18.1. The zero-order valence-electron chi connectivity index (χ0n) is 26.6. The standard InChI is InChI=1S/C36H45N3O7/c1-3-44-33(42)20-38-36(43)37-19-26-6-4-7-30(18-26)27-13-15-29(16-14-27)35-45-32(21-39-17-5-8-31(39)23-41)24(2)34(46-35)28-11-9-25(22-40)10-12-28/h4,6-7,9-16,18,24,31-32,34-35,40-41H,3,5,8,17,19-23H2,1-2H3,(H2,37,38,43). The molecule has 2 aliphatic rings. The molecule has 2 fully saturated rings. The van der Waals surface area contributed by atoms with Gasteiger partial charge in [0.05, 0.1) is 32.0 Å². The minimum absolute atomic E-state index is 0.00848. The third kappa shape index (κ3) is 8.51. The maximum absolute atomic E-state index is 12.1. The Morgan fingerprint density at radius 1 is 0.935 bits per heavy atom. The van der Waals surface area contributed by atoms with Crippen molar-refractivity contribution in [3.8, 4) is 11.1 Å². The number of benzene rings is 3. The van der Waals surface area contributed by atoms with Crippen molar-refractivity contribution < 1.29 is 34.0 Å². The fourth-order valence-corrected chi connectivity index (χ4v) is 6.20. The second-order valence-electron chi connectivity index (χ2n) is 12.0. The molecule has 4 N–H and O–H groups in total. The summed E-state index contributed by atoms with van der Waals surface area (Å²) in [6.07, 6.45) is 1.18. The lowest BCUT2D eigenvalue weighted by Gasteiger charge is -2.43. The highest BCUT2D eigenvalue weighted by Gasteiger charge is 2.40. The van der Waals surface area contributed by atoms with Crippen molar-refractivity contribution in [1.29, 1.82) is 0 Å². The second-order valence-corrected chi connectivity index (χ2v) is 12.0. The molecule has 2 heterocycles. The molecular formula is C36H45N3O7. The molecular weight excluding hydrogens is 586 g/mol. The zero-order valence-corrected chi connectivity index (χ0v) is 26.6. The minimum atomic E-state index is -0.573. The smallest absolute Gasteiger partial charge is 0.325 e. The quantitative estimate of drug-likeness (QED) is 0.216. The molecule has 2 aliphatic heterocycles. The number of aliphatic hydroxyl groups excluding tert-OH is 2. The maximum atomic E-state index is 12.1. The number of nitrogens with zero attached hydrogens (tertiary/aromatic N) is 1. The van der Waals surface area contributed by atoms with Gasteiger partial charge in [-0.05, 0) is 60.2 Å². The molecule has 2 amide bonds. The van der Waals surface area contributed by atoms with E-state index in [1.165, 1.54) is 0 Å². The van der Waals surface area contributed by atoms with Crippen molar-refractivity contribution in [1.82, 2.24) is 15.5 Å². The summed E-state index contributed by atoms with van der Waals surface area (Å²) >= 11 is 0. The average molecular weight is 632 g/mol. The number of aliphatic hydroxyl groups is 2. The largest absolute Gasteiger partial charge is 0.465 e. The molecule has 0 saturated carbocycles. The van der Waals surface area contributed by atoms with Crippen molar-refractivity contribution >= 4 is 12.0 Å². The van der Waals surface area contributed by atoms with E-state index in [1.807, 2.05) is 72.8 Å². The van der Waals surface area contributed by atoms with Gasteiger partial charge in [0.2, 0.25) is 0 Å². The van der Waals surface area contributed by atoms with Crippen LogP contribution < -0.4 is 10.6 Å². The second kappa shape index (κ2) is 16.2. The first-order valence-electron chi connectivity index (χ1n) is 16.1. The van der Waals surface area contributed by atoms with Crippen molar-refractivity contribution in [3.05, 3.63) is 95.1 Å². The number of rotatable bonds is 12. The topological polar surface area (TPSA) is 130 Å². The molecule has 0 bridgehead atoms. The van der Waals surface area contributed by atoms with Gasteiger partial charge in [-0.3, -0.25) is 9.69 Å². The molecule has 0 aliphatic carbocycles. The lowest BCUT2D eigenvalue weighted by Crippen LogP contribution is -2.46. The van der Waals surface area contributed by atoms with Crippen molar-refractivity contribution in [2.75, 3.05) is 32.8 Å². The Bertz CT molecular complexity index is 1430. The normalized spacial score (nSPS) is 23.2. The van der Waals surface area contributed by atoms with Crippen molar-refractivity contribution in [2.45, 2.75) is 64.4 Å². The van der Waals surface area contributed by atoms with Gasteiger partial charge in [0.15, 0.2) is 6.29 Å². The van der Waals surface area contributed by atoms with E-state index in [9.17, 15) is 19.8 Å². The maximum Gasteiger partial charge on any atom is 0.325 e.